The molecule has 3 heteroatoms. The number of carbonyl (C=O) groups is 1. The van der Waals surface area contributed by atoms with Crippen molar-refractivity contribution in [3.05, 3.63) is 60.2 Å². The molecule has 0 bridgehead atoms. The molecule has 1 aliphatic heterocycles. The fourth-order valence-corrected chi connectivity index (χ4v) is 3.09. The first-order valence-corrected chi connectivity index (χ1v) is 7.92. The molecule has 1 heterocycles. The lowest BCUT2D eigenvalue weighted by atomic mass is 10.1. The molecule has 0 spiro atoms. The lowest BCUT2D eigenvalue weighted by molar-refractivity contribution is -0.116. The van der Waals surface area contributed by atoms with Gasteiger partial charge in [-0.1, -0.05) is 42.5 Å². The van der Waals surface area contributed by atoms with Crippen molar-refractivity contribution in [2.75, 3.05) is 29.4 Å². The molecule has 0 saturated heterocycles. The Bertz CT molecular complexity index is 639. The molecule has 3 rings (SSSR count). The van der Waals surface area contributed by atoms with Crippen molar-refractivity contribution in [2.45, 2.75) is 19.8 Å². The van der Waals surface area contributed by atoms with Crippen LogP contribution in [-0.2, 0) is 11.2 Å². The van der Waals surface area contributed by atoms with Crippen molar-refractivity contribution in [2.24, 2.45) is 0 Å². The summed E-state index contributed by atoms with van der Waals surface area (Å²) >= 11 is 0. The van der Waals surface area contributed by atoms with Gasteiger partial charge in [-0.15, -0.1) is 0 Å². The smallest absolute Gasteiger partial charge is 0.223 e. The first kappa shape index (κ1) is 14.6. The Morgan fingerprint density at radius 2 is 1.64 bits per heavy atom. The van der Waals surface area contributed by atoms with E-state index in [0.717, 1.165) is 38.2 Å². The maximum atomic E-state index is 11.9. The summed E-state index contributed by atoms with van der Waals surface area (Å²) in [7, 11) is 0. The highest BCUT2D eigenvalue weighted by molar-refractivity contribution is 5.95. The summed E-state index contributed by atoms with van der Waals surface area (Å²) in [5, 5.41) is 0. The summed E-state index contributed by atoms with van der Waals surface area (Å²) in [5.41, 5.74) is 3.57. The molecular weight excluding hydrogens is 272 g/mol. The Labute approximate surface area is 132 Å². The van der Waals surface area contributed by atoms with E-state index in [1.54, 1.807) is 6.92 Å². The third-order valence-electron chi connectivity index (χ3n) is 4.22. The first-order chi connectivity index (χ1) is 10.8. The molecule has 2 aromatic carbocycles. The number of amides is 1. The summed E-state index contributed by atoms with van der Waals surface area (Å²) in [6.07, 6.45) is 2.03. The standard InChI is InChI=1S/C19H22N2O/c1-16(22)21-14-7-13-20(18-10-5-6-11-19(18)21)15-12-17-8-3-2-4-9-17/h2-6,8-11H,7,12-15H2,1H3. The van der Waals surface area contributed by atoms with Crippen LogP contribution >= 0.6 is 0 Å². The van der Waals surface area contributed by atoms with Gasteiger partial charge in [0.1, 0.15) is 0 Å². The Kier molecular flexibility index (Phi) is 4.42. The van der Waals surface area contributed by atoms with Crippen LogP contribution in [0.1, 0.15) is 18.9 Å². The first-order valence-electron chi connectivity index (χ1n) is 7.92. The molecule has 1 aliphatic rings. The van der Waals surface area contributed by atoms with Gasteiger partial charge < -0.3 is 9.80 Å². The van der Waals surface area contributed by atoms with Crippen LogP contribution in [0.25, 0.3) is 0 Å². The molecule has 0 aliphatic carbocycles. The Balaban J connectivity index is 1.82. The maximum absolute atomic E-state index is 11.9. The van der Waals surface area contributed by atoms with Gasteiger partial charge >= 0.3 is 0 Å². The normalized spacial score (nSPS) is 14.4. The number of carbonyl (C=O) groups excluding carboxylic acids is 1. The van der Waals surface area contributed by atoms with E-state index in [9.17, 15) is 4.79 Å². The highest BCUT2D eigenvalue weighted by Gasteiger charge is 2.22. The van der Waals surface area contributed by atoms with E-state index >= 15 is 0 Å². The van der Waals surface area contributed by atoms with Crippen LogP contribution in [0.3, 0.4) is 0 Å². The summed E-state index contributed by atoms with van der Waals surface area (Å²) in [6.45, 7) is 4.42. The van der Waals surface area contributed by atoms with Crippen molar-refractivity contribution in [3.63, 3.8) is 0 Å². The Morgan fingerprint density at radius 3 is 2.36 bits per heavy atom. The van der Waals surface area contributed by atoms with E-state index in [1.807, 2.05) is 11.0 Å². The van der Waals surface area contributed by atoms with Crippen LogP contribution in [0, 0.1) is 0 Å². The van der Waals surface area contributed by atoms with Crippen LogP contribution in [0.2, 0.25) is 0 Å². The second-order valence-electron chi connectivity index (χ2n) is 5.74. The van der Waals surface area contributed by atoms with Crippen LogP contribution < -0.4 is 9.80 Å². The van der Waals surface area contributed by atoms with Gasteiger partial charge in [0.25, 0.3) is 0 Å². The number of hydrogen-bond acceptors (Lipinski definition) is 2. The van der Waals surface area contributed by atoms with Crippen LogP contribution in [0.15, 0.2) is 54.6 Å². The van der Waals surface area contributed by atoms with Gasteiger partial charge in [-0.25, -0.2) is 0 Å². The highest BCUT2D eigenvalue weighted by atomic mass is 16.2. The molecule has 0 N–H and O–H groups in total. The van der Waals surface area contributed by atoms with Crippen LogP contribution in [-0.4, -0.2) is 25.5 Å². The van der Waals surface area contributed by atoms with Crippen molar-refractivity contribution in [1.29, 1.82) is 0 Å². The Morgan fingerprint density at radius 1 is 0.955 bits per heavy atom. The van der Waals surface area contributed by atoms with Crippen LogP contribution in [0.4, 0.5) is 11.4 Å². The molecule has 0 radical (unpaired) electrons. The zero-order valence-corrected chi connectivity index (χ0v) is 13.0. The monoisotopic (exact) mass is 294 g/mol. The third-order valence-corrected chi connectivity index (χ3v) is 4.22. The molecule has 0 fully saturated rings. The van der Waals surface area contributed by atoms with E-state index in [-0.39, 0.29) is 5.91 Å². The van der Waals surface area contributed by atoms with Gasteiger partial charge in [-0.2, -0.15) is 0 Å². The van der Waals surface area contributed by atoms with Gasteiger partial charge in [-0.05, 0) is 30.5 Å². The number of hydrogen-bond donors (Lipinski definition) is 0. The van der Waals surface area contributed by atoms with Gasteiger partial charge in [0.05, 0.1) is 11.4 Å². The van der Waals surface area contributed by atoms with E-state index in [2.05, 4.69) is 53.4 Å². The topological polar surface area (TPSA) is 23.6 Å². The second-order valence-corrected chi connectivity index (χ2v) is 5.74. The largest absolute Gasteiger partial charge is 0.369 e. The Hall–Kier alpha value is -2.29. The average molecular weight is 294 g/mol. The minimum Gasteiger partial charge on any atom is -0.369 e. The lowest BCUT2D eigenvalue weighted by Gasteiger charge is -2.26. The van der Waals surface area contributed by atoms with Crippen molar-refractivity contribution >= 4 is 17.3 Å². The van der Waals surface area contributed by atoms with Gasteiger partial charge in [-0.3, -0.25) is 4.79 Å². The molecule has 0 atom stereocenters. The summed E-state index contributed by atoms with van der Waals surface area (Å²) in [4.78, 5) is 16.2. The van der Waals surface area contributed by atoms with Crippen LogP contribution in [0.5, 0.6) is 0 Å². The minimum atomic E-state index is 0.123. The number of para-hydroxylation sites is 2. The summed E-state index contributed by atoms with van der Waals surface area (Å²) < 4.78 is 0. The number of rotatable bonds is 3. The summed E-state index contributed by atoms with van der Waals surface area (Å²) in [5.74, 6) is 0.123. The van der Waals surface area contributed by atoms with Gasteiger partial charge in [0.2, 0.25) is 5.91 Å². The van der Waals surface area contributed by atoms with E-state index < -0.39 is 0 Å². The zero-order valence-electron chi connectivity index (χ0n) is 13.0. The van der Waals surface area contributed by atoms with E-state index in [4.69, 9.17) is 0 Å². The number of anilines is 2. The van der Waals surface area contributed by atoms with Crippen molar-refractivity contribution < 1.29 is 4.79 Å². The minimum absolute atomic E-state index is 0.123. The highest BCUT2D eigenvalue weighted by Crippen LogP contribution is 2.32. The second kappa shape index (κ2) is 6.65. The zero-order chi connectivity index (χ0) is 15.4. The molecular formula is C19H22N2O. The molecule has 114 valence electrons. The third kappa shape index (κ3) is 3.14. The molecule has 3 nitrogen and oxygen atoms in total. The molecule has 0 saturated carbocycles. The predicted molar refractivity (Wildman–Crippen MR) is 91.4 cm³/mol. The molecule has 0 unspecified atom stereocenters. The number of benzene rings is 2. The van der Waals surface area contributed by atoms with Gasteiger partial charge in [0.15, 0.2) is 0 Å². The SMILES string of the molecule is CC(=O)N1CCCN(CCc2ccccc2)c2ccccc21. The maximum Gasteiger partial charge on any atom is 0.223 e. The summed E-state index contributed by atoms with van der Waals surface area (Å²) in [6, 6.07) is 18.8. The molecule has 1 amide bonds. The molecule has 0 aromatic heterocycles. The average Bonchev–Trinajstić information content (AvgIpc) is 2.73. The quantitative estimate of drug-likeness (QED) is 0.865. The van der Waals surface area contributed by atoms with E-state index in [0.29, 0.717) is 0 Å². The lowest BCUT2D eigenvalue weighted by Crippen LogP contribution is -2.28. The fraction of sp³-hybridized carbons (Fsp3) is 0.316. The van der Waals surface area contributed by atoms with Crippen molar-refractivity contribution in [3.8, 4) is 0 Å². The van der Waals surface area contributed by atoms with E-state index in [1.165, 1.54) is 11.3 Å². The van der Waals surface area contributed by atoms with Gasteiger partial charge in [0, 0.05) is 26.6 Å². The fourth-order valence-electron chi connectivity index (χ4n) is 3.09. The molecule has 2 aromatic rings. The molecule has 22 heavy (non-hydrogen) atoms. The van der Waals surface area contributed by atoms with Crippen molar-refractivity contribution in [1.82, 2.24) is 0 Å². The predicted octanol–water partition coefficient (Wildman–Crippen LogP) is 3.49. The number of nitrogens with zero attached hydrogens (tertiary/aromatic N) is 2. The number of fused-ring (bicyclic) bond motifs is 1.